The lowest BCUT2D eigenvalue weighted by atomic mass is 9.49. The van der Waals surface area contributed by atoms with Gasteiger partial charge in [-0.2, -0.15) is 0 Å². The van der Waals surface area contributed by atoms with Crippen molar-refractivity contribution in [2.75, 3.05) is 0 Å². The molecule has 1 aromatic carbocycles. The number of aliphatic hydroxyl groups excluding tert-OH is 1. The van der Waals surface area contributed by atoms with Crippen molar-refractivity contribution in [2.45, 2.75) is 98.0 Å². The summed E-state index contributed by atoms with van der Waals surface area (Å²) in [7, 11) is 0. The SMILES string of the molecule is CCCCCC/C=C(/C)[C@@H]1CC[C@H]2[C@H](Cc3ccc(I)cc3)[C@H](O)C[C@@H](C)[C@]2(C)C1. The fraction of sp³-hybridized carbons (Fsp3) is 0.714. The van der Waals surface area contributed by atoms with Gasteiger partial charge < -0.3 is 5.11 Å². The first kappa shape index (κ1) is 24.3. The molecule has 0 amide bonds. The van der Waals surface area contributed by atoms with E-state index < -0.39 is 0 Å². The number of benzene rings is 1. The van der Waals surface area contributed by atoms with Crippen LogP contribution in [0.2, 0.25) is 0 Å². The third-order valence-corrected chi connectivity index (χ3v) is 9.36. The molecule has 1 N–H and O–H groups in total. The lowest BCUT2D eigenvalue weighted by Gasteiger charge is -2.56. The maximum absolute atomic E-state index is 11.1. The number of hydrogen-bond donors (Lipinski definition) is 1. The monoisotopic (exact) mass is 522 g/mol. The number of hydrogen-bond acceptors (Lipinski definition) is 1. The Hall–Kier alpha value is -0.350. The molecule has 0 unspecified atom stereocenters. The van der Waals surface area contributed by atoms with Crippen LogP contribution >= 0.6 is 22.6 Å². The Labute approximate surface area is 199 Å². The van der Waals surface area contributed by atoms with Gasteiger partial charge in [0.25, 0.3) is 0 Å². The van der Waals surface area contributed by atoms with Crippen LogP contribution in [0.4, 0.5) is 0 Å². The zero-order valence-corrected chi connectivity index (χ0v) is 21.8. The van der Waals surface area contributed by atoms with Crippen molar-refractivity contribution in [3.8, 4) is 0 Å². The molecule has 0 heterocycles. The van der Waals surface area contributed by atoms with E-state index in [0.29, 0.717) is 23.2 Å². The van der Waals surface area contributed by atoms with Gasteiger partial charge in [-0.25, -0.2) is 0 Å². The average molecular weight is 523 g/mol. The Kier molecular flexibility index (Phi) is 8.90. The smallest absolute Gasteiger partial charge is 0.0577 e. The molecule has 2 fully saturated rings. The minimum Gasteiger partial charge on any atom is -0.393 e. The highest BCUT2D eigenvalue weighted by Crippen LogP contribution is 2.58. The minimum absolute atomic E-state index is 0.149. The molecule has 2 saturated carbocycles. The fourth-order valence-corrected chi connectivity index (χ4v) is 6.83. The molecule has 30 heavy (non-hydrogen) atoms. The highest BCUT2D eigenvalue weighted by atomic mass is 127. The summed E-state index contributed by atoms with van der Waals surface area (Å²) < 4.78 is 1.29. The van der Waals surface area contributed by atoms with Gasteiger partial charge in [0, 0.05) is 3.57 Å². The Morgan fingerprint density at radius 1 is 1.17 bits per heavy atom. The topological polar surface area (TPSA) is 20.2 Å². The minimum atomic E-state index is -0.149. The van der Waals surface area contributed by atoms with E-state index in [-0.39, 0.29) is 6.10 Å². The van der Waals surface area contributed by atoms with Gasteiger partial charge in [0.2, 0.25) is 0 Å². The molecule has 0 radical (unpaired) electrons. The number of allylic oxidation sites excluding steroid dienone is 2. The summed E-state index contributed by atoms with van der Waals surface area (Å²) in [6, 6.07) is 8.94. The summed E-state index contributed by atoms with van der Waals surface area (Å²) in [5.74, 6) is 2.40. The molecule has 0 bridgehead atoms. The van der Waals surface area contributed by atoms with E-state index >= 15 is 0 Å². The Bertz CT molecular complexity index is 693. The summed E-state index contributed by atoms with van der Waals surface area (Å²) in [6.45, 7) is 9.63. The van der Waals surface area contributed by atoms with Gasteiger partial charge >= 0.3 is 0 Å². The van der Waals surface area contributed by atoms with E-state index in [4.69, 9.17) is 0 Å². The van der Waals surface area contributed by atoms with Crippen molar-refractivity contribution >= 4 is 22.6 Å². The van der Waals surface area contributed by atoms with Crippen molar-refractivity contribution in [3.63, 3.8) is 0 Å². The standard InChI is InChI=1S/C28H43IO/c1-5-6-7-8-9-10-20(2)23-13-16-26-25(18-22-11-14-24(29)15-12-22)27(30)17-21(3)28(26,4)19-23/h10-12,14-15,21,23,25-27,30H,5-9,13,16-19H2,1-4H3/b20-10-/t21-,23-,25+,26+,27-,28+/m1/s1. The number of aliphatic hydroxyl groups is 1. The molecular formula is C28H43IO. The predicted octanol–water partition coefficient (Wildman–Crippen LogP) is 8.19. The first-order valence-electron chi connectivity index (χ1n) is 12.4. The molecule has 6 atom stereocenters. The quantitative estimate of drug-likeness (QED) is 0.207. The van der Waals surface area contributed by atoms with Crippen LogP contribution in [0.15, 0.2) is 35.9 Å². The van der Waals surface area contributed by atoms with Crippen LogP contribution in [0.1, 0.15) is 91.0 Å². The summed E-state index contributed by atoms with van der Waals surface area (Å²) in [5.41, 5.74) is 3.38. The number of rotatable bonds is 8. The third-order valence-electron chi connectivity index (χ3n) is 8.64. The molecule has 0 saturated heterocycles. The van der Waals surface area contributed by atoms with Gasteiger partial charge in [-0.15, -0.1) is 0 Å². The van der Waals surface area contributed by atoms with Gasteiger partial charge in [0.1, 0.15) is 0 Å². The van der Waals surface area contributed by atoms with Crippen LogP contribution in [-0.2, 0) is 6.42 Å². The zero-order valence-electron chi connectivity index (χ0n) is 19.7. The van der Waals surface area contributed by atoms with E-state index in [1.54, 1.807) is 5.57 Å². The molecule has 1 aromatic rings. The first-order chi connectivity index (χ1) is 14.3. The second kappa shape index (κ2) is 11.0. The maximum atomic E-state index is 11.1. The number of halogens is 1. The molecule has 2 aliphatic carbocycles. The lowest BCUT2D eigenvalue weighted by Crippen LogP contribution is -2.52. The van der Waals surface area contributed by atoms with Crippen molar-refractivity contribution in [1.29, 1.82) is 0 Å². The van der Waals surface area contributed by atoms with Gasteiger partial charge in [-0.05, 0) is 121 Å². The number of fused-ring (bicyclic) bond motifs is 1. The van der Waals surface area contributed by atoms with Crippen molar-refractivity contribution < 1.29 is 5.11 Å². The average Bonchev–Trinajstić information content (AvgIpc) is 2.72. The maximum Gasteiger partial charge on any atom is 0.0577 e. The highest BCUT2D eigenvalue weighted by molar-refractivity contribution is 14.1. The van der Waals surface area contributed by atoms with Crippen LogP contribution in [0, 0.1) is 32.7 Å². The van der Waals surface area contributed by atoms with Crippen LogP contribution < -0.4 is 0 Å². The fourth-order valence-electron chi connectivity index (χ4n) is 6.47. The number of unbranched alkanes of at least 4 members (excludes halogenated alkanes) is 4. The first-order valence-corrected chi connectivity index (χ1v) is 13.5. The Morgan fingerprint density at radius 3 is 2.60 bits per heavy atom. The highest BCUT2D eigenvalue weighted by Gasteiger charge is 2.52. The van der Waals surface area contributed by atoms with E-state index in [2.05, 4.69) is 80.6 Å². The van der Waals surface area contributed by atoms with E-state index in [1.807, 2.05) is 0 Å². The van der Waals surface area contributed by atoms with Gasteiger partial charge in [0.15, 0.2) is 0 Å². The second-order valence-electron chi connectivity index (χ2n) is 10.6. The molecule has 1 nitrogen and oxygen atoms in total. The summed E-state index contributed by atoms with van der Waals surface area (Å²) in [4.78, 5) is 0. The Morgan fingerprint density at radius 2 is 1.90 bits per heavy atom. The molecule has 0 aromatic heterocycles. The molecule has 2 heteroatoms. The molecule has 0 spiro atoms. The third kappa shape index (κ3) is 5.71. The van der Waals surface area contributed by atoms with Gasteiger partial charge in [0.05, 0.1) is 6.10 Å². The van der Waals surface area contributed by atoms with E-state index in [0.717, 1.165) is 18.8 Å². The van der Waals surface area contributed by atoms with Crippen LogP contribution in [0.25, 0.3) is 0 Å². The molecule has 0 aliphatic heterocycles. The summed E-state index contributed by atoms with van der Waals surface area (Å²) in [6.07, 6.45) is 15.0. The zero-order chi connectivity index (χ0) is 21.7. The van der Waals surface area contributed by atoms with Crippen LogP contribution in [-0.4, -0.2) is 11.2 Å². The summed E-state index contributed by atoms with van der Waals surface area (Å²) >= 11 is 2.38. The normalized spacial score (nSPS) is 34.6. The molecule has 3 rings (SSSR count). The predicted molar refractivity (Wildman–Crippen MR) is 138 cm³/mol. The Balaban J connectivity index is 1.69. The molecule has 168 valence electrons. The van der Waals surface area contributed by atoms with Gasteiger partial charge in [-0.3, -0.25) is 0 Å². The second-order valence-corrected chi connectivity index (χ2v) is 11.8. The van der Waals surface area contributed by atoms with Crippen LogP contribution in [0.5, 0.6) is 0 Å². The van der Waals surface area contributed by atoms with Crippen molar-refractivity contribution in [3.05, 3.63) is 45.0 Å². The van der Waals surface area contributed by atoms with E-state index in [9.17, 15) is 5.11 Å². The van der Waals surface area contributed by atoms with Crippen molar-refractivity contribution in [1.82, 2.24) is 0 Å². The summed E-state index contributed by atoms with van der Waals surface area (Å²) in [5, 5.41) is 11.1. The lowest BCUT2D eigenvalue weighted by molar-refractivity contribution is -0.105. The van der Waals surface area contributed by atoms with Crippen molar-refractivity contribution in [2.24, 2.45) is 29.1 Å². The van der Waals surface area contributed by atoms with E-state index in [1.165, 1.54) is 60.5 Å². The van der Waals surface area contributed by atoms with Gasteiger partial charge in [-0.1, -0.05) is 63.8 Å². The molecule has 2 aliphatic rings. The molecular weight excluding hydrogens is 479 g/mol. The largest absolute Gasteiger partial charge is 0.393 e. The van der Waals surface area contributed by atoms with Crippen LogP contribution in [0.3, 0.4) is 0 Å².